The maximum Gasteiger partial charge on any atom is 0.252 e. The number of rotatable bonds is 3. The number of carbonyl (C=O) groups excluding carboxylic acids is 1. The van der Waals surface area contributed by atoms with Crippen molar-refractivity contribution in [2.24, 2.45) is 7.05 Å². The van der Waals surface area contributed by atoms with Gasteiger partial charge < -0.3 is 9.88 Å². The van der Waals surface area contributed by atoms with Crippen LogP contribution in [0.2, 0.25) is 0 Å². The maximum absolute atomic E-state index is 12.6. The Morgan fingerprint density at radius 3 is 2.62 bits per heavy atom. The molecule has 1 amide bonds. The van der Waals surface area contributed by atoms with Gasteiger partial charge in [-0.2, -0.15) is 0 Å². The minimum atomic E-state index is -0.0844. The molecular formula is C20H17N3O. The lowest BCUT2D eigenvalue weighted by Crippen LogP contribution is -2.24. The molecule has 4 nitrogen and oxygen atoms in total. The van der Waals surface area contributed by atoms with E-state index in [-0.39, 0.29) is 5.91 Å². The number of aromatic nitrogens is 2. The SMILES string of the molecule is Cn1c(CNC(=O)c2cccc3ccccc23)nc2ccccc21. The summed E-state index contributed by atoms with van der Waals surface area (Å²) in [5.41, 5.74) is 2.69. The molecule has 0 aliphatic carbocycles. The zero-order valence-electron chi connectivity index (χ0n) is 13.4. The summed E-state index contributed by atoms with van der Waals surface area (Å²) in [5.74, 6) is 0.753. The minimum Gasteiger partial charge on any atom is -0.345 e. The summed E-state index contributed by atoms with van der Waals surface area (Å²) in [5, 5.41) is 5.01. The molecule has 118 valence electrons. The second-order valence-electron chi connectivity index (χ2n) is 5.79. The highest BCUT2D eigenvalue weighted by molar-refractivity contribution is 6.06. The zero-order chi connectivity index (χ0) is 16.5. The van der Waals surface area contributed by atoms with Gasteiger partial charge in [0.15, 0.2) is 0 Å². The quantitative estimate of drug-likeness (QED) is 0.627. The van der Waals surface area contributed by atoms with Crippen LogP contribution >= 0.6 is 0 Å². The fraction of sp³-hybridized carbons (Fsp3) is 0.100. The number of carbonyl (C=O) groups is 1. The first-order chi connectivity index (χ1) is 11.7. The lowest BCUT2D eigenvalue weighted by Gasteiger charge is -2.08. The van der Waals surface area contributed by atoms with Crippen molar-refractivity contribution >= 4 is 27.7 Å². The molecule has 24 heavy (non-hydrogen) atoms. The van der Waals surface area contributed by atoms with Gasteiger partial charge in [-0.05, 0) is 29.0 Å². The van der Waals surface area contributed by atoms with Crippen molar-refractivity contribution in [1.29, 1.82) is 0 Å². The number of nitrogens with zero attached hydrogens (tertiary/aromatic N) is 2. The molecule has 0 saturated heterocycles. The summed E-state index contributed by atoms with van der Waals surface area (Å²) in [6.07, 6.45) is 0. The van der Waals surface area contributed by atoms with Crippen molar-refractivity contribution in [3.63, 3.8) is 0 Å². The molecule has 1 heterocycles. The standard InChI is InChI=1S/C20H17N3O/c1-23-18-12-5-4-11-17(18)22-19(23)13-21-20(24)16-10-6-8-14-7-2-3-9-15(14)16/h2-12H,13H2,1H3,(H,21,24). The van der Waals surface area contributed by atoms with Gasteiger partial charge >= 0.3 is 0 Å². The van der Waals surface area contributed by atoms with Crippen LogP contribution in [0.4, 0.5) is 0 Å². The smallest absolute Gasteiger partial charge is 0.252 e. The molecule has 0 spiro atoms. The molecule has 4 heteroatoms. The van der Waals surface area contributed by atoms with Gasteiger partial charge in [-0.3, -0.25) is 4.79 Å². The first-order valence-corrected chi connectivity index (χ1v) is 7.90. The van der Waals surface area contributed by atoms with E-state index in [4.69, 9.17) is 0 Å². The fourth-order valence-corrected chi connectivity index (χ4v) is 3.03. The van der Waals surface area contributed by atoms with E-state index >= 15 is 0 Å². The molecule has 0 atom stereocenters. The van der Waals surface area contributed by atoms with Crippen molar-refractivity contribution < 1.29 is 4.79 Å². The summed E-state index contributed by atoms with van der Waals surface area (Å²) < 4.78 is 2.01. The van der Waals surface area contributed by atoms with E-state index in [0.717, 1.165) is 27.6 Å². The number of aryl methyl sites for hydroxylation is 1. The van der Waals surface area contributed by atoms with E-state index in [1.54, 1.807) is 0 Å². The molecule has 1 aromatic heterocycles. The topological polar surface area (TPSA) is 46.9 Å². The van der Waals surface area contributed by atoms with Crippen LogP contribution in [0.5, 0.6) is 0 Å². The number of fused-ring (bicyclic) bond motifs is 2. The van der Waals surface area contributed by atoms with E-state index in [0.29, 0.717) is 12.1 Å². The summed E-state index contributed by atoms with van der Waals surface area (Å²) in [6.45, 7) is 0.396. The second-order valence-corrected chi connectivity index (χ2v) is 5.79. The van der Waals surface area contributed by atoms with Crippen LogP contribution < -0.4 is 5.32 Å². The lowest BCUT2D eigenvalue weighted by atomic mass is 10.0. The first-order valence-electron chi connectivity index (χ1n) is 7.90. The number of amides is 1. The van der Waals surface area contributed by atoms with Crippen LogP contribution in [0.25, 0.3) is 21.8 Å². The molecule has 0 saturated carbocycles. The van der Waals surface area contributed by atoms with Crippen molar-refractivity contribution in [3.05, 3.63) is 78.1 Å². The number of nitrogens with one attached hydrogen (secondary N) is 1. The van der Waals surface area contributed by atoms with Crippen LogP contribution in [0.3, 0.4) is 0 Å². The maximum atomic E-state index is 12.6. The van der Waals surface area contributed by atoms with Gasteiger partial charge in [-0.25, -0.2) is 4.98 Å². The Hall–Kier alpha value is -3.14. The summed E-state index contributed by atoms with van der Waals surface area (Å²) >= 11 is 0. The Labute approximate surface area is 139 Å². The van der Waals surface area contributed by atoms with E-state index in [1.807, 2.05) is 78.3 Å². The van der Waals surface area contributed by atoms with Crippen LogP contribution in [0.15, 0.2) is 66.7 Å². The highest BCUT2D eigenvalue weighted by Gasteiger charge is 2.12. The molecule has 0 unspecified atom stereocenters. The van der Waals surface area contributed by atoms with Gasteiger partial charge in [0.25, 0.3) is 5.91 Å². The third kappa shape index (κ3) is 2.42. The average Bonchev–Trinajstić information content (AvgIpc) is 2.95. The Balaban J connectivity index is 1.60. The Morgan fingerprint density at radius 2 is 1.75 bits per heavy atom. The number of hydrogen-bond acceptors (Lipinski definition) is 2. The molecule has 3 aromatic carbocycles. The van der Waals surface area contributed by atoms with E-state index < -0.39 is 0 Å². The van der Waals surface area contributed by atoms with Gasteiger partial charge in [0, 0.05) is 12.6 Å². The van der Waals surface area contributed by atoms with E-state index in [2.05, 4.69) is 10.3 Å². The van der Waals surface area contributed by atoms with E-state index in [9.17, 15) is 4.79 Å². The van der Waals surface area contributed by atoms with Gasteiger partial charge in [0.2, 0.25) is 0 Å². The predicted molar refractivity (Wildman–Crippen MR) is 95.8 cm³/mol. The third-order valence-electron chi connectivity index (χ3n) is 4.32. The van der Waals surface area contributed by atoms with Crippen LogP contribution in [0.1, 0.15) is 16.2 Å². The average molecular weight is 315 g/mol. The summed E-state index contributed by atoms with van der Waals surface area (Å²) in [7, 11) is 1.97. The molecule has 4 aromatic rings. The first kappa shape index (κ1) is 14.5. The molecule has 0 aliphatic rings. The van der Waals surface area contributed by atoms with Crippen molar-refractivity contribution in [1.82, 2.24) is 14.9 Å². The van der Waals surface area contributed by atoms with Gasteiger partial charge in [-0.1, -0.05) is 48.5 Å². The molecule has 0 radical (unpaired) electrons. The number of para-hydroxylation sites is 2. The Kier molecular flexibility index (Phi) is 3.50. The van der Waals surface area contributed by atoms with Crippen molar-refractivity contribution in [2.45, 2.75) is 6.54 Å². The molecule has 0 bridgehead atoms. The van der Waals surface area contributed by atoms with Crippen molar-refractivity contribution in [2.75, 3.05) is 0 Å². The van der Waals surface area contributed by atoms with Crippen LogP contribution in [-0.2, 0) is 13.6 Å². The van der Waals surface area contributed by atoms with Gasteiger partial charge in [0.1, 0.15) is 5.82 Å². The van der Waals surface area contributed by atoms with Gasteiger partial charge in [-0.15, -0.1) is 0 Å². The number of benzene rings is 3. The zero-order valence-corrected chi connectivity index (χ0v) is 13.4. The van der Waals surface area contributed by atoms with Crippen LogP contribution in [0, 0.1) is 0 Å². The molecule has 0 aliphatic heterocycles. The lowest BCUT2D eigenvalue weighted by molar-refractivity contribution is 0.0951. The summed E-state index contributed by atoms with van der Waals surface area (Å²) in [6, 6.07) is 21.6. The second kappa shape index (κ2) is 5.81. The largest absolute Gasteiger partial charge is 0.345 e. The predicted octanol–water partition coefficient (Wildman–Crippen LogP) is 3.66. The molecule has 1 N–H and O–H groups in total. The summed E-state index contributed by atoms with van der Waals surface area (Å²) in [4.78, 5) is 17.2. The van der Waals surface area contributed by atoms with E-state index in [1.165, 1.54) is 0 Å². The Morgan fingerprint density at radius 1 is 1.00 bits per heavy atom. The normalized spacial score (nSPS) is 11.0. The number of hydrogen-bond donors (Lipinski definition) is 1. The van der Waals surface area contributed by atoms with Crippen LogP contribution in [-0.4, -0.2) is 15.5 Å². The Bertz CT molecular complexity index is 1040. The van der Waals surface area contributed by atoms with Gasteiger partial charge in [0.05, 0.1) is 17.6 Å². The molecule has 0 fully saturated rings. The molecular weight excluding hydrogens is 298 g/mol. The monoisotopic (exact) mass is 315 g/mol. The fourth-order valence-electron chi connectivity index (χ4n) is 3.03. The van der Waals surface area contributed by atoms with Crippen molar-refractivity contribution in [3.8, 4) is 0 Å². The number of imidazole rings is 1. The third-order valence-corrected chi connectivity index (χ3v) is 4.32. The minimum absolute atomic E-state index is 0.0844. The highest BCUT2D eigenvalue weighted by atomic mass is 16.1. The molecule has 4 rings (SSSR count). The highest BCUT2D eigenvalue weighted by Crippen LogP contribution is 2.19.